The summed E-state index contributed by atoms with van der Waals surface area (Å²) in [6.45, 7) is 8.47. The number of likely N-dealkylation sites (tertiary alicyclic amines) is 1. The lowest BCUT2D eigenvalue weighted by Gasteiger charge is -2.33. The average Bonchev–Trinajstić information content (AvgIpc) is 2.82. The zero-order chi connectivity index (χ0) is 23.4. The molecule has 174 valence electrons. The largest absolute Gasteiger partial charge is 0.480 e. The molecular formula is C27H32N2O4. The third kappa shape index (κ3) is 5.45. The van der Waals surface area contributed by atoms with E-state index in [0.29, 0.717) is 11.3 Å². The van der Waals surface area contributed by atoms with Crippen molar-refractivity contribution in [3.63, 3.8) is 0 Å². The number of rotatable bonds is 7. The summed E-state index contributed by atoms with van der Waals surface area (Å²) in [5.41, 5.74) is 3.14. The van der Waals surface area contributed by atoms with Crippen LogP contribution in [0.1, 0.15) is 43.4 Å². The number of benzene rings is 2. The summed E-state index contributed by atoms with van der Waals surface area (Å²) in [6.07, 6.45) is 1.94. The molecule has 0 spiro atoms. The van der Waals surface area contributed by atoms with Crippen molar-refractivity contribution in [2.45, 2.75) is 58.7 Å². The van der Waals surface area contributed by atoms with E-state index >= 15 is 0 Å². The lowest BCUT2D eigenvalue weighted by Crippen LogP contribution is -2.47. The number of fused-ring (bicyclic) bond motifs is 1. The van der Waals surface area contributed by atoms with Gasteiger partial charge < -0.3 is 14.5 Å². The number of hydrogen-bond acceptors (Lipinski definition) is 5. The Balaban J connectivity index is 1.34. The van der Waals surface area contributed by atoms with E-state index < -0.39 is 6.10 Å². The van der Waals surface area contributed by atoms with Crippen LogP contribution in [0.2, 0.25) is 0 Å². The summed E-state index contributed by atoms with van der Waals surface area (Å²) in [5, 5.41) is 4.05. The van der Waals surface area contributed by atoms with E-state index in [1.165, 1.54) is 11.6 Å². The molecule has 6 heteroatoms. The van der Waals surface area contributed by atoms with E-state index in [1.807, 2.05) is 32.0 Å². The van der Waals surface area contributed by atoms with Gasteiger partial charge in [-0.05, 0) is 56.4 Å². The molecule has 1 aliphatic heterocycles. The first-order valence-corrected chi connectivity index (χ1v) is 11.7. The van der Waals surface area contributed by atoms with Crippen molar-refractivity contribution in [3.05, 3.63) is 75.6 Å². The van der Waals surface area contributed by atoms with Gasteiger partial charge >= 0.3 is 5.63 Å². The van der Waals surface area contributed by atoms with Gasteiger partial charge in [0.05, 0.1) is 0 Å². The highest BCUT2D eigenvalue weighted by molar-refractivity contribution is 5.85. The summed E-state index contributed by atoms with van der Waals surface area (Å²) >= 11 is 0. The second-order valence-electron chi connectivity index (χ2n) is 8.81. The Hall–Kier alpha value is -3.12. The van der Waals surface area contributed by atoms with Crippen molar-refractivity contribution in [2.75, 3.05) is 13.1 Å². The number of piperidine rings is 1. The summed E-state index contributed by atoms with van der Waals surface area (Å²) < 4.78 is 11.4. The Morgan fingerprint density at radius 1 is 1.18 bits per heavy atom. The number of carbonyl (C=O) groups excluding carboxylic acids is 1. The number of aryl methyl sites for hydroxylation is 2. The van der Waals surface area contributed by atoms with E-state index in [4.69, 9.17) is 9.15 Å². The van der Waals surface area contributed by atoms with Gasteiger partial charge in [-0.1, -0.05) is 37.3 Å². The molecular weight excluding hydrogens is 416 g/mol. The summed E-state index contributed by atoms with van der Waals surface area (Å²) in [5.74, 6) is 0.430. The van der Waals surface area contributed by atoms with E-state index in [9.17, 15) is 9.59 Å². The van der Waals surface area contributed by atoms with E-state index in [2.05, 4.69) is 34.5 Å². The zero-order valence-electron chi connectivity index (χ0n) is 19.6. The highest BCUT2D eigenvalue weighted by atomic mass is 16.5. The maximum absolute atomic E-state index is 12.8. The molecule has 1 N–H and O–H groups in total. The van der Waals surface area contributed by atoms with Crippen LogP contribution in [0.5, 0.6) is 5.75 Å². The molecule has 0 saturated carbocycles. The Labute approximate surface area is 194 Å². The van der Waals surface area contributed by atoms with E-state index in [-0.39, 0.29) is 17.6 Å². The highest BCUT2D eigenvalue weighted by Gasteiger charge is 2.24. The fourth-order valence-electron chi connectivity index (χ4n) is 4.47. The van der Waals surface area contributed by atoms with Gasteiger partial charge in [0, 0.05) is 42.7 Å². The van der Waals surface area contributed by atoms with Crippen LogP contribution in [0.4, 0.5) is 0 Å². The molecule has 1 aliphatic rings. The van der Waals surface area contributed by atoms with Crippen molar-refractivity contribution in [1.82, 2.24) is 10.2 Å². The summed E-state index contributed by atoms with van der Waals surface area (Å²) in [4.78, 5) is 27.1. The molecule has 2 heterocycles. The predicted octanol–water partition coefficient (Wildman–Crippen LogP) is 4.21. The molecule has 1 amide bonds. The first-order valence-electron chi connectivity index (χ1n) is 11.7. The number of carbonyl (C=O) groups is 1. The Morgan fingerprint density at radius 3 is 2.61 bits per heavy atom. The van der Waals surface area contributed by atoms with Gasteiger partial charge in [0.2, 0.25) is 0 Å². The number of hydrogen-bond donors (Lipinski definition) is 1. The fourth-order valence-corrected chi connectivity index (χ4v) is 4.47. The molecule has 1 saturated heterocycles. The Morgan fingerprint density at radius 2 is 1.91 bits per heavy atom. The summed E-state index contributed by atoms with van der Waals surface area (Å²) in [6, 6.07) is 15.9. The van der Waals surface area contributed by atoms with Crippen molar-refractivity contribution in [3.8, 4) is 5.75 Å². The van der Waals surface area contributed by atoms with Gasteiger partial charge in [-0.3, -0.25) is 9.69 Å². The van der Waals surface area contributed by atoms with Gasteiger partial charge in [0.1, 0.15) is 11.3 Å². The second-order valence-corrected chi connectivity index (χ2v) is 8.81. The molecule has 6 nitrogen and oxygen atoms in total. The van der Waals surface area contributed by atoms with Crippen LogP contribution < -0.4 is 15.7 Å². The van der Waals surface area contributed by atoms with Crippen molar-refractivity contribution in [2.24, 2.45) is 0 Å². The van der Waals surface area contributed by atoms with E-state index in [1.54, 1.807) is 6.92 Å². The standard InChI is InChI=1S/C27H32N2O4/c1-4-21-16-25(30)33-26-18(2)24(11-10-23(21)26)32-19(3)27(31)28-22-12-14-29(15-13-22)17-20-8-6-5-7-9-20/h5-11,16,19,22H,4,12-15,17H2,1-3H3,(H,28,31)/t19-/m0/s1. The molecule has 2 aromatic carbocycles. The maximum Gasteiger partial charge on any atom is 0.336 e. The molecule has 0 bridgehead atoms. The van der Waals surface area contributed by atoms with Crippen LogP contribution >= 0.6 is 0 Å². The Bertz CT molecular complexity index is 1160. The zero-order valence-corrected chi connectivity index (χ0v) is 19.6. The molecule has 0 aliphatic carbocycles. The average molecular weight is 449 g/mol. The first kappa shape index (κ1) is 23.1. The van der Waals surface area contributed by atoms with Crippen LogP contribution in [0.3, 0.4) is 0 Å². The smallest absolute Gasteiger partial charge is 0.336 e. The van der Waals surface area contributed by atoms with Crippen molar-refractivity contribution < 1.29 is 13.9 Å². The lowest BCUT2D eigenvalue weighted by atomic mass is 10.0. The highest BCUT2D eigenvalue weighted by Crippen LogP contribution is 2.29. The SMILES string of the molecule is CCc1cc(=O)oc2c(C)c(O[C@@H](C)C(=O)NC3CCN(Cc4ccccc4)CC3)ccc12. The molecule has 3 aromatic rings. The minimum Gasteiger partial charge on any atom is -0.480 e. The molecule has 4 rings (SSSR count). The minimum absolute atomic E-state index is 0.125. The predicted molar refractivity (Wildman–Crippen MR) is 130 cm³/mol. The third-order valence-corrected chi connectivity index (χ3v) is 6.43. The quantitative estimate of drug-likeness (QED) is 0.548. The van der Waals surface area contributed by atoms with Gasteiger partial charge in [-0.15, -0.1) is 0 Å². The van der Waals surface area contributed by atoms with Gasteiger partial charge in [-0.2, -0.15) is 0 Å². The Kier molecular flexibility index (Phi) is 7.14. The molecule has 0 radical (unpaired) electrons. The second kappa shape index (κ2) is 10.2. The minimum atomic E-state index is -0.649. The molecule has 1 aromatic heterocycles. The normalized spacial score (nSPS) is 16.0. The van der Waals surface area contributed by atoms with Crippen LogP contribution in [0, 0.1) is 6.92 Å². The monoisotopic (exact) mass is 448 g/mol. The first-order chi connectivity index (χ1) is 15.9. The number of ether oxygens (including phenoxy) is 1. The van der Waals surface area contributed by atoms with Gasteiger partial charge in [0.15, 0.2) is 6.10 Å². The van der Waals surface area contributed by atoms with Crippen LogP contribution in [0.15, 0.2) is 57.7 Å². The molecule has 1 fully saturated rings. The summed E-state index contributed by atoms with van der Waals surface area (Å²) in [7, 11) is 0. The maximum atomic E-state index is 12.8. The van der Waals surface area contributed by atoms with Gasteiger partial charge in [0.25, 0.3) is 5.91 Å². The lowest BCUT2D eigenvalue weighted by molar-refractivity contribution is -0.128. The van der Waals surface area contributed by atoms with Crippen LogP contribution in [-0.2, 0) is 17.8 Å². The molecule has 0 unspecified atom stereocenters. The van der Waals surface area contributed by atoms with Crippen molar-refractivity contribution >= 4 is 16.9 Å². The van der Waals surface area contributed by atoms with Crippen molar-refractivity contribution in [1.29, 1.82) is 0 Å². The van der Waals surface area contributed by atoms with Gasteiger partial charge in [-0.25, -0.2) is 4.79 Å². The topological polar surface area (TPSA) is 71.8 Å². The fraction of sp³-hybridized carbons (Fsp3) is 0.407. The van der Waals surface area contributed by atoms with Crippen LogP contribution in [-0.4, -0.2) is 36.0 Å². The van der Waals surface area contributed by atoms with E-state index in [0.717, 1.165) is 55.4 Å². The molecule has 33 heavy (non-hydrogen) atoms. The number of amides is 1. The third-order valence-electron chi connectivity index (χ3n) is 6.43. The number of nitrogens with zero attached hydrogens (tertiary/aromatic N) is 1. The molecule has 1 atom stereocenters. The number of nitrogens with one attached hydrogen (secondary N) is 1. The van der Waals surface area contributed by atoms with Crippen LogP contribution in [0.25, 0.3) is 11.0 Å².